The molecule has 0 aliphatic heterocycles. The fourth-order valence-electron chi connectivity index (χ4n) is 1.06. The highest BCUT2D eigenvalue weighted by molar-refractivity contribution is 9.10. The summed E-state index contributed by atoms with van der Waals surface area (Å²) in [6.07, 6.45) is 0. The van der Waals surface area contributed by atoms with Gasteiger partial charge in [0.05, 0.1) is 4.83 Å². The van der Waals surface area contributed by atoms with Crippen molar-refractivity contribution in [3.8, 4) is 0 Å². The molecule has 4 N–H and O–H groups in total. The van der Waals surface area contributed by atoms with Gasteiger partial charge < -0.3 is 16.4 Å². The van der Waals surface area contributed by atoms with Gasteiger partial charge in [-0.1, -0.05) is 22.0 Å². The Hall–Kier alpha value is -1.56. The van der Waals surface area contributed by atoms with Gasteiger partial charge in [-0.05, 0) is 25.1 Å². The van der Waals surface area contributed by atoms with Gasteiger partial charge in [-0.15, -0.1) is 0 Å². The summed E-state index contributed by atoms with van der Waals surface area (Å²) in [7, 11) is 0. The monoisotopic (exact) mass is 285 g/mol. The van der Waals surface area contributed by atoms with Crippen molar-refractivity contribution < 1.29 is 9.59 Å². The average molecular weight is 286 g/mol. The Morgan fingerprint density at radius 1 is 1.31 bits per heavy atom. The first kappa shape index (κ1) is 12.5. The van der Waals surface area contributed by atoms with Gasteiger partial charge in [-0.25, -0.2) is 4.79 Å². The molecule has 1 unspecified atom stereocenters. The lowest BCUT2D eigenvalue weighted by Crippen LogP contribution is -2.21. The lowest BCUT2D eigenvalue weighted by molar-refractivity contribution is -0.115. The summed E-state index contributed by atoms with van der Waals surface area (Å²) in [5.74, 6) is -0.156. The van der Waals surface area contributed by atoms with E-state index in [9.17, 15) is 9.59 Å². The van der Waals surface area contributed by atoms with E-state index >= 15 is 0 Å². The number of rotatable bonds is 3. The number of benzene rings is 1. The molecule has 86 valence electrons. The van der Waals surface area contributed by atoms with Crippen molar-refractivity contribution >= 4 is 39.2 Å². The van der Waals surface area contributed by atoms with Crippen LogP contribution in [0.5, 0.6) is 0 Å². The van der Waals surface area contributed by atoms with Crippen LogP contribution in [0.15, 0.2) is 24.3 Å². The number of alkyl halides is 1. The second-order valence-corrected chi connectivity index (χ2v) is 4.55. The molecule has 1 atom stereocenters. The Balaban J connectivity index is 2.74. The van der Waals surface area contributed by atoms with Gasteiger partial charge in [0.2, 0.25) is 5.91 Å². The second-order valence-electron chi connectivity index (χ2n) is 3.18. The minimum Gasteiger partial charge on any atom is -0.351 e. The lowest BCUT2D eigenvalue weighted by atomic mass is 10.2. The largest absolute Gasteiger partial charge is 0.351 e. The van der Waals surface area contributed by atoms with E-state index in [1.807, 2.05) is 0 Å². The number of anilines is 2. The van der Waals surface area contributed by atoms with Crippen molar-refractivity contribution in [1.82, 2.24) is 0 Å². The molecule has 0 saturated carbocycles. The summed E-state index contributed by atoms with van der Waals surface area (Å²) in [6.45, 7) is 1.72. The maximum atomic E-state index is 11.4. The Labute approximate surface area is 102 Å². The molecule has 0 aliphatic rings. The highest BCUT2D eigenvalue weighted by Crippen LogP contribution is 2.15. The zero-order valence-electron chi connectivity index (χ0n) is 8.66. The molecular formula is C10H12BrN3O2. The number of urea groups is 1. The highest BCUT2D eigenvalue weighted by atomic mass is 79.9. The number of hydrogen-bond acceptors (Lipinski definition) is 2. The predicted molar refractivity (Wildman–Crippen MR) is 66.7 cm³/mol. The van der Waals surface area contributed by atoms with E-state index in [4.69, 9.17) is 5.73 Å². The van der Waals surface area contributed by atoms with Crippen LogP contribution in [0.2, 0.25) is 0 Å². The van der Waals surface area contributed by atoms with E-state index in [0.29, 0.717) is 11.4 Å². The molecule has 0 saturated heterocycles. The molecule has 0 spiro atoms. The maximum Gasteiger partial charge on any atom is 0.316 e. The Kier molecular flexibility index (Phi) is 4.30. The van der Waals surface area contributed by atoms with Crippen LogP contribution in [0.1, 0.15) is 6.92 Å². The van der Waals surface area contributed by atoms with Crippen molar-refractivity contribution in [1.29, 1.82) is 0 Å². The zero-order chi connectivity index (χ0) is 12.1. The van der Waals surface area contributed by atoms with Crippen LogP contribution in [0.3, 0.4) is 0 Å². The van der Waals surface area contributed by atoms with Crippen molar-refractivity contribution in [2.75, 3.05) is 10.6 Å². The molecule has 0 heterocycles. The molecule has 0 bridgehead atoms. The normalized spacial score (nSPS) is 11.6. The Morgan fingerprint density at radius 2 is 1.88 bits per heavy atom. The van der Waals surface area contributed by atoms with Crippen LogP contribution >= 0.6 is 15.9 Å². The van der Waals surface area contributed by atoms with Gasteiger partial charge in [0.15, 0.2) is 0 Å². The average Bonchev–Trinajstić information content (AvgIpc) is 2.16. The van der Waals surface area contributed by atoms with Gasteiger partial charge >= 0.3 is 6.03 Å². The minimum atomic E-state index is -0.641. The smallest absolute Gasteiger partial charge is 0.316 e. The first-order valence-corrected chi connectivity index (χ1v) is 5.52. The third-order valence-electron chi connectivity index (χ3n) is 1.76. The fourth-order valence-corrected chi connectivity index (χ4v) is 1.17. The Morgan fingerprint density at radius 3 is 2.38 bits per heavy atom. The van der Waals surface area contributed by atoms with Crippen LogP contribution in [-0.4, -0.2) is 16.8 Å². The molecule has 0 aliphatic carbocycles. The fraction of sp³-hybridized carbons (Fsp3) is 0.200. The first-order chi connectivity index (χ1) is 7.49. The van der Waals surface area contributed by atoms with Gasteiger partial charge in [-0.3, -0.25) is 4.79 Å². The van der Waals surface area contributed by atoms with Crippen molar-refractivity contribution in [3.63, 3.8) is 0 Å². The number of nitrogens with one attached hydrogen (secondary N) is 2. The van der Waals surface area contributed by atoms with Crippen LogP contribution in [0, 0.1) is 0 Å². The molecule has 16 heavy (non-hydrogen) atoms. The van der Waals surface area contributed by atoms with E-state index in [2.05, 4.69) is 26.6 Å². The lowest BCUT2D eigenvalue weighted by Gasteiger charge is -2.08. The molecule has 1 rings (SSSR count). The van der Waals surface area contributed by atoms with Crippen LogP contribution in [-0.2, 0) is 4.79 Å². The molecule has 0 radical (unpaired) electrons. The number of hydrogen-bond donors (Lipinski definition) is 3. The summed E-state index contributed by atoms with van der Waals surface area (Å²) in [5, 5.41) is 5.10. The quantitative estimate of drug-likeness (QED) is 0.741. The zero-order valence-corrected chi connectivity index (χ0v) is 10.2. The van der Waals surface area contributed by atoms with E-state index in [-0.39, 0.29) is 10.7 Å². The van der Waals surface area contributed by atoms with Crippen molar-refractivity contribution in [2.45, 2.75) is 11.8 Å². The number of amides is 3. The van der Waals surface area contributed by atoms with Crippen LogP contribution < -0.4 is 16.4 Å². The second kappa shape index (κ2) is 5.50. The molecule has 5 nitrogen and oxygen atoms in total. The summed E-state index contributed by atoms with van der Waals surface area (Å²) >= 11 is 3.15. The number of primary amides is 1. The predicted octanol–water partition coefficient (Wildman–Crippen LogP) is 1.90. The number of carbonyl (C=O) groups excluding carboxylic acids is 2. The number of halogens is 1. The minimum absolute atomic E-state index is 0.156. The molecule has 6 heteroatoms. The van der Waals surface area contributed by atoms with Crippen LogP contribution in [0.4, 0.5) is 16.2 Å². The topological polar surface area (TPSA) is 84.2 Å². The van der Waals surface area contributed by atoms with Gasteiger partial charge in [-0.2, -0.15) is 0 Å². The standard InChI is InChI=1S/C10H12BrN3O2/c1-6(11)9(15)13-7-3-2-4-8(5-7)14-10(12)16/h2-6H,1H3,(H,13,15)(H3,12,14,16). The van der Waals surface area contributed by atoms with E-state index in [0.717, 1.165) is 0 Å². The maximum absolute atomic E-state index is 11.4. The molecule has 1 aromatic carbocycles. The third kappa shape index (κ3) is 3.90. The van der Waals surface area contributed by atoms with Gasteiger partial charge in [0.1, 0.15) is 0 Å². The van der Waals surface area contributed by atoms with E-state index in [1.165, 1.54) is 0 Å². The number of nitrogens with two attached hydrogens (primary N) is 1. The number of carbonyl (C=O) groups is 2. The highest BCUT2D eigenvalue weighted by Gasteiger charge is 2.08. The first-order valence-electron chi connectivity index (χ1n) is 4.60. The molecule has 0 fully saturated rings. The van der Waals surface area contributed by atoms with Crippen molar-refractivity contribution in [3.05, 3.63) is 24.3 Å². The summed E-state index contributed by atoms with van der Waals surface area (Å²) in [5.41, 5.74) is 6.11. The van der Waals surface area contributed by atoms with Crippen molar-refractivity contribution in [2.24, 2.45) is 5.73 Å². The molecule has 0 aromatic heterocycles. The summed E-state index contributed by atoms with van der Waals surface area (Å²) < 4.78 is 0. The molecule has 3 amide bonds. The van der Waals surface area contributed by atoms with Crippen LogP contribution in [0.25, 0.3) is 0 Å². The SMILES string of the molecule is CC(Br)C(=O)Nc1cccc(NC(N)=O)c1. The molecule has 1 aromatic rings. The summed E-state index contributed by atoms with van der Waals surface area (Å²) in [6, 6.07) is 6.09. The van der Waals surface area contributed by atoms with E-state index < -0.39 is 6.03 Å². The van der Waals surface area contributed by atoms with E-state index in [1.54, 1.807) is 31.2 Å². The Bertz CT molecular complexity index is 407. The molecular weight excluding hydrogens is 274 g/mol. The third-order valence-corrected chi connectivity index (χ3v) is 2.17. The van der Waals surface area contributed by atoms with Gasteiger partial charge in [0, 0.05) is 11.4 Å². The summed E-state index contributed by atoms with van der Waals surface area (Å²) in [4.78, 5) is 21.7. The van der Waals surface area contributed by atoms with Gasteiger partial charge in [0.25, 0.3) is 0 Å².